The normalized spacial score (nSPS) is 17.6. The molecule has 0 fully saturated rings. The van der Waals surface area contributed by atoms with Crippen LogP contribution in [-0.2, 0) is 5.41 Å². The average Bonchev–Trinajstić information content (AvgIpc) is 3.74. The minimum absolute atomic E-state index is 0.217. The van der Waals surface area contributed by atoms with Gasteiger partial charge in [0, 0.05) is 16.2 Å². The molecule has 1 nitrogen and oxygen atoms in total. The van der Waals surface area contributed by atoms with Crippen molar-refractivity contribution in [3.05, 3.63) is 221 Å². The third-order valence-electron chi connectivity index (χ3n) is 11.9. The fourth-order valence-corrected chi connectivity index (χ4v) is 8.91. The van der Waals surface area contributed by atoms with Gasteiger partial charge in [-0.15, -0.1) is 0 Å². The van der Waals surface area contributed by atoms with Crippen LogP contribution in [0, 0.1) is 0 Å². The molecule has 5 aromatic carbocycles. The second-order valence-electron chi connectivity index (χ2n) is 15.7. The fourth-order valence-electron chi connectivity index (χ4n) is 8.91. The van der Waals surface area contributed by atoms with E-state index < -0.39 is 0 Å². The molecule has 0 bridgehead atoms. The van der Waals surface area contributed by atoms with Gasteiger partial charge in [0.2, 0.25) is 0 Å². The van der Waals surface area contributed by atoms with Gasteiger partial charge in [-0.1, -0.05) is 167 Å². The largest absolute Gasteiger partial charge is 0.456 e. The molecule has 0 radical (unpaired) electrons. The molecule has 1 heterocycles. The highest BCUT2D eigenvalue weighted by atomic mass is 16.3. The lowest BCUT2D eigenvalue weighted by molar-refractivity contribution is 0.668. The Bertz CT molecular complexity index is 2920. The first-order chi connectivity index (χ1) is 27.3. The van der Waals surface area contributed by atoms with Gasteiger partial charge < -0.3 is 4.42 Å². The molecule has 0 atom stereocenters. The standard InChI is InChI=1S/C55H46O/c1-36(39-21-9-8-10-22-39)41-26-14-15-27-42(41)37(2)43-24-11-6-7-12-25-44(46-29-17-16-28-45(43)46)38(3)48-34-50-47-30-18-20-32-53(47)56-54(50)35-49(48)52-33-40-23-13-19-31-51(40)55(52,4)5/h8-9,11-21,23-35H,1-3,6-7,10,22H2,4-5H3/b24-11?,25-12+,45-43?,46-44+. The number of fused-ring (bicyclic) bond motifs is 5. The fraction of sp³-hybridized carbons (Fsp3) is 0.127. The summed E-state index contributed by atoms with van der Waals surface area (Å²) in [5.41, 5.74) is 16.4. The van der Waals surface area contributed by atoms with Crippen LogP contribution in [0.3, 0.4) is 0 Å². The van der Waals surface area contributed by atoms with Gasteiger partial charge in [0.25, 0.3) is 0 Å². The van der Waals surface area contributed by atoms with E-state index in [1.165, 1.54) is 22.3 Å². The highest BCUT2D eigenvalue weighted by Crippen LogP contribution is 2.49. The zero-order valence-corrected chi connectivity index (χ0v) is 32.4. The van der Waals surface area contributed by atoms with E-state index in [9.17, 15) is 0 Å². The van der Waals surface area contributed by atoms with E-state index in [1.807, 2.05) is 6.07 Å². The lowest BCUT2D eigenvalue weighted by atomic mass is 9.76. The van der Waals surface area contributed by atoms with Crippen molar-refractivity contribution >= 4 is 61.5 Å². The molecule has 6 aromatic rings. The SMILES string of the molecule is C=C(C1=CC=CCC1)c1ccccc1C(=C)C1=c2cccc/c2=C(C(=C)c2cc3c(cc2C2=Cc4ccccc4C2(C)C)oc2ccccc23)/C=C/CCC=C1. The lowest BCUT2D eigenvalue weighted by Crippen LogP contribution is -2.29. The maximum atomic E-state index is 6.54. The molecule has 0 saturated heterocycles. The summed E-state index contributed by atoms with van der Waals surface area (Å²) in [4.78, 5) is 0. The Kier molecular flexibility index (Phi) is 9.02. The van der Waals surface area contributed by atoms with Crippen LogP contribution >= 0.6 is 0 Å². The number of furan rings is 1. The van der Waals surface area contributed by atoms with Crippen molar-refractivity contribution in [1.29, 1.82) is 0 Å². The number of para-hydroxylation sites is 1. The summed E-state index contributed by atoms with van der Waals surface area (Å²) in [6.45, 7) is 19.1. The van der Waals surface area contributed by atoms with E-state index in [0.29, 0.717) is 0 Å². The monoisotopic (exact) mass is 722 g/mol. The van der Waals surface area contributed by atoms with Crippen molar-refractivity contribution in [3.8, 4) is 0 Å². The van der Waals surface area contributed by atoms with Crippen molar-refractivity contribution in [2.24, 2.45) is 0 Å². The molecule has 0 amide bonds. The molecule has 3 aliphatic rings. The highest BCUT2D eigenvalue weighted by molar-refractivity contribution is 6.13. The lowest BCUT2D eigenvalue weighted by Gasteiger charge is -2.27. The highest BCUT2D eigenvalue weighted by Gasteiger charge is 2.35. The van der Waals surface area contributed by atoms with Crippen LogP contribution < -0.4 is 10.4 Å². The van der Waals surface area contributed by atoms with Crippen molar-refractivity contribution < 1.29 is 4.42 Å². The number of rotatable bonds is 7. The maximum Gasteiger partial charge on any atom is 0.136 e. The predicted molar refractivity (Wildman–Crippen MR) is 241 cm³/mol. The Balaban J connectivity index is 1.29. The number of benzene rings is 5. The van der Waals surface area contributed by atoms with E-state index in [1.54, 1.807) is 0 Å². The first-order valence-corrected chi connectivity index (χ1v) is 19.8. The minimum atomic E-state index is -0.217. The molecule has 3 aliphatic carbocycles. The third-order valence-corrected chi connectivity index (χ3v) is 11.9. The summed E-state index contributed by atoms with van der Waals surface area (Å²) in [7, 11) is 0. The van der Waals surface area contributed by atoms with Crippen molar-refractivity contribution in [1.82, 2.24) is 0 Å². The van der Waals surface area contributed by atoms with Crippen LogP contribution in [0.25, 0.3) is 61.5 Å². The van der Waals surface area contributed by atoms with Crippen LogP contribution in [0.2, 0.25) is 0 Å². The van der Waals surface area contributed by atoms with E-state index in [0.717, 1.165) is 108 Å². The van der Waals surface area contributed by atoms with Gasteiger partial charge in [-0.2, -0.15) is 0 Å². The van der Waals surface area contributed by atoms with Crippen LogP contribution in [0.1, 0.15) is 72.9 Å². The number of hydrogen-bond acceptors (Lipinski definition) is 1. The molecule has 9 rings (SSSR count). The van der Waals surface area contributed by atoms with Gasteiger partial charge in [-0.25, -0.2) is 0 Å². The van der Waals surface area contributed by atoms with Crippen LogP contribution in [-0.4, -0.2) is 0 Å². The Morgan fingerprint density at radius 1 is 0.589 bits per heavy atom. The predicted octanol–water partition coefficient (Wildman–Crippen LogP) is 13.3. The molecule has 56 heavy (non-hydrogen) atoms. The smallest absolute Gasteiger partial charge is 0.136 e. The second-order valence-corrected chi connectivity index (χ2v) is 15.7. The summed E-state index contributed by atoms with van der Waals surface area (Å²) in [6, 6.07) is 39.0. The van der Waals surface area contributed by atoms with E-state index in [2.05, 4.69) is 172 Å². The Hall–Kier alpha value is -6.44. The van der Waals surface area contributed by atoms with Gasteiger partial charge in [-0.05, 0) is 133 Å². The van der Waals surface area contributed by atoms with E-state index in [4.69, 9.17) is 17.6 Å². The van der Waals surface area contributed by atoms with Gasteiger partial charge in [0.15, 0.2) is 0 Å². The van der Waals surface area contributed by atoms with Crippen LogP contribution in [0.15, 0.2) is 181 Å². The average molecular weight is 723 g/mol. The quantitative estimate of drug-likeness (QED) is 0.160. The van der Waals surface area contributed by atoms with Gasteiger partial charge in [0.05, 0.1) is 0 Å². The maximum absolute atomic E-state index is 6.54. The summed E-state index contributed by atoms with van der Waals surface area (Å²) in [5.74, 6) is 0. The van der Waals surface area contributed by atoms with Crippen LogP contribution in [0.5, 0.6) is 0 Å². The summed E-state index contributed by atoms with van der Waals surface area (Å²) in [5, 5.41) is 4.45. The number of allylic oxidation sites excluding steroid dienone is 12. The summed E-state index contributed by atoms with van der Waals surface area (Å²) < 4.78 is 6.54. The second kappa shape index (κ2) is 14.3. The zero-order chi connectivity index (χ0) is 38.4. The first-order valence-electron chi connectivity index (χ1n) is 19.8. The van der Waals surface area contributed by atoms with Gasteiger partial charge in [-0.3, -0.25) is 0 Å². The van der Waals surface area contributed by atoms with Gasteiger partial charge in [0.1, 0.15) is 11.2 Å². The Morgan fingerprint density at radius 3 is 1.91 bits per heavy atom. The molecular formula is C55H46O. The zero-order valence-electron chi connectivity index (χ0n) is 32.4. The molecule has 0 spiro atoms. The summed E-state index contributed by atoms with van der Waals surface area (Å²) >= 11 is 0. The Labute approximate surface area is 330 Å². The molecule has 1 heteroatoms. The van der Waals surface area contributed by atoms with E-state index in [-0.39, 0.29) is 5.41 Å². The molecule has 0 unspecified atom stereocenters. The van der Waals surface area contributed by atoms with Crippen LogP contribution in [0.4, 0.5) is 0 Å². The topological polar surface area (TPSA) is 13.1 Å². The molecule has 272 valence electrons. The molecule has 1 aromatic heterocycles. The molecule has 0 N–H and O–H groups in total. The number of hydrogen-bond donors (Lipinski definition) is 0. The van der Waals surface area contributed by atoms with E-state index >= 15 is 0 Å². The van der Waals surface area contributed by atoms with Crippen molar-refractivity contribution in [3.63, 3.8) is 0 Å². The molecule has 0 saturated carbocycles. The third kappa shape index (κ3) is 6.05. The van der Waals surface area contributed by atoms with Gasteiger partial charge >= 0.3 is 0 Å². The van der Waals surface area contributed by atoms with Crippen molar-refractivity contribution in [2.75, 3.05) is 0 Å². The first kappa shape index (κ1) is 35.3. The summed E-state index contributed by atoms with van der Waals surface area (Å²) in [6.07, 6.45) is 22.0. The van der Waals surface area contributed by atoms with Crippen molar-refractivity contribution in [2.45, 2.75) is 44.9 Å². The molecular weight excluding hydrogens is 677 g/mol. The molecule has 0 aliphatic heterocycles. The Morgan fingerprint density at radius 2 is 1.21 bits per heavy atom. The minimum Gasteiger partial charge on any atom is -0.456 e.